The first-order valence-corrected chi connectivity index (χ1v) is 12.5. The summed E-state index contributed by atoms with van der Waals surface area (Å²) in [7, 11) is 3.52. The van der Waals surface area contributed by atoms with Crippen LogP contribution in [0.5, 0.6) is 0 Å². The molecule has 0 spiro atoms. The van der Waals surface area contributed by atoms with Gasteiger partial charge in [0.05, 0.1) is 17.3 Å². The van der Waals surface area contributed by atoms with Crippen molar-refractivity contribution in [3.8, 4) is 0 Å². The van der Waals surface area contributed by atoms with E-state index < -0.39 is 0 Å². The summed E-state index contributed by atoms with van der Waals surface area (Å²) in [6.45, 7) is 4.65. The van der Waals surface area contributed by atoms with Gasteiger partial charge in [0.1, 0.15) is 0 Å². The van der Waals surface area contributed by atoms with E-state index in [0.717, 1.165) is 40.7 Å². The zero-order valence-corrected chi connectivity index (χ0v) is 21.3. The second kappa shape index (κ2) is 10.1. The Bertz CT molecular complexity index is 1180. The molecule has 0 saturated carbocycles. The maximum Gasteiger partial charge on any atom is 0.323 e. The Morgan fingerprint density at radius 1 is 1.09 bits per heavy atom. The van der Waals surface area contributed by atoms with Gasteiger partial charge < -0.3 is 20.4 Å². The van der Waals surface area contributed by atoms with Crippen molar-refractivity contribution in [1.82, 2.24) is 9.80 Å². The highest BCUT2D eigenvalue weighted by Gasteiger charge is 2.37. The number of fused-ring (bicyclic) bond motifs is 1. The Kier molecular flexibility index (Phi) is 7.19. The van der Waals surface area contributed by atoms with Gasteiger partial charge in [-0.05, 0) is 55.7 Å². The van der Waals surface area contributed by atoms with Crippen LogP contribution in [0.1, 0.15) is 30.5 Å². The zero-order chi connectivity index (χ0) is 24.4. The van der Waals surface area contributed by atoms with Crippen molar-refractivity contribution in [2.45, 2.75) is 26.3 Å². The number of rotatable bonds is 4. The lowest BCUT2D eigenvalue weighted by molar-refractivity contribution is -0.125. The molecule has 34 heavy (non-hydrogen) atoms. The van der Waals surface area contributed by atoms with Gasteiger partial charge >= 0.3 is 6.03 Å². The summed E-state index contributed by atoms with van der Waals surface area (Å²) in [5.41, 5.74) is 4.64. The first-order chi connectivity index (χ1) is 16.2. The molecule has 3 amide bonds. The first kappa shape index (κ1) is 24.2. The predicted molar refractivity (Wildman–Crippen MR) is 141 cm³/mol. The molecule has 2 aliphatic heterocycles. The summed E-state index contributed by atoms with van der Waals surface area (Å²) in [5.74, 6) is 0.982. The molecule has 4 rings (SSSR count). The van der Waals surface area contributed by atoms with Crippen LogP contribution in [-0.4, -0.2) is 53.3 Å². The zero-order valence-electron chi connectivity index (χ0n) is 19.7. The lowest BCUT2D eigenvalue weighted by Crippen LogP contribution is -2.43. The highest BCUT2D eigenvalue weighted by atomic mass is 35.5. The number of benzene rings is 2. The third kappa shape index (κ3) is 5.08. The fraction of sp³-hybridized carbons (Fsp3) is 0.320. The van der Waals surface area contributed by atoms with Crippen LogP contribution in [0.25, 0.3) is 0 Å². The minimum Gasteiger partial charge on any atom is -0.345 e. The molecule has 2 aliphatic rings. The SMILES string of the molecule is CC1=C(C(=O)N(C)C)C(c2ccc(NC(=O)Nc3ccc(C)c(Cl)c3)cc2)N2CCCSC2=N1. The van der Waals surface area contributed by atoms with Crippen LogP contribution in [-0.2, 0) is 4.79 Å². The molecule has 1 unspecified atom stereocenters. The molecule has 2 aromatic carbocycles. The van der Waals surface area contributed by atoms with Gasteiger partial charge in [0.25, 0.3) is 5.91 Å². The van der Waals surface area contributed by atoms with E-state index in [0.29, 0.717) is 22.0 Å². The molecule has 2 heterocycles. The van der Waals surface area contributed by atoms with Crippen LogP contribution in [0, 0.1) is 6.92 Å². The number of amides is 3. The lowest BCUT2D eigenvalue weighted by atomic mass is 9.93. The molecule has 1 fully saturated rings. The van der Waals surface area contributed by atoms with Crippen LogP contribution in [0.3, 0.4) is 0 Å². The van der Waals surface area contributed by atoms with Crippen molar-refractivity contribution < 1.29 is 9.59 Å². The number of hydrogen-bond donors (Lipinski definition) is 2. The Morgan fingerprint density at radius 3 is 2.44 bits per heavy atom. The maximum absolute atomic E-state index is 13.1. The van der Waals surface area contributed by atoms with Crippen molar-refractivity contribution >= 4 is 51.8 Å². The molecule has 0 aromatic heterocycles. The number of halogens is 1. The number of aliphatic imine (C=N–C) groups is 1. The van der Waals surface area contributed by atoms with Crippen LogP contribution in [0.4, 0.5) is 16.2 Å². The van der Waals surface area contributed by atoms with Crippen molar-refractivity contribution in [1.29, 1.82) is 0 Å². The molecule has 2 aromatic rings. The number of hydrogen-bond acceptors (Lipinski definition) is 5. The summed E-state index contributed by atoms with van der Waals surface area (Å²) in [4.78, 5) is 34.1. The number of amidine groups is 1. The van der Waals surface area contributed by atoms with Gasteiger partial charge in [-0.3, -0.25) is 4.79 Å². The molecular weight excluding hydrogens is 470 g/mol. The van der Waals surface area contributed by atoms with E-state index in [-0.39, 0.29) is 18.0 Å². The molecule has 7 nitrogen and oxygen atoms in total. The predicted octanol–water partition coefficient (Wildman–Crippen LogP) is 5.50. The number of urea groups is 1. The Balaban J connectivity index is 1.55. The topological polar surface area (TPSA) is 77.0 Å². The summed E-state index contributed by atoms with van der Waals surface area (Å²) >= 11 is 7.87. The molecule has 0 radical (unpaired) electrons. The van der Waals surface area contributed by atoms with E-state index >= 15 is 0 Å². The normalized spacial score (nSPS) is 17.6. The largest absolute Gasteiger partial charge is 0.345 e. The van der Waals surface area contributed by atoms with E-state index in [1.807, 2.05) is 44.2 Å². The van der Waals surface area contributed by atoms with Crippen molar-refractivity contribution in [3.05, 3.63) is 69.9 Å². The van der Waals surface area contributed by atoms with Gasteiger partial charge in [-0.15, -0.1) is 0 Å². The van der Waals surface area contributed by atoms with E-state index in [2.05, 4.69) is 15.5 Å². The van der Waals surface area contributed by atoms with Gasteiger partial charge in [-0.25, -0.2) is 9.79 Å². The standard InChI is InChI=1S/C25H28ClN5O2S/c1-15-6-9-19(14-20(15)26)29-24(33)28-18-10-7-17(8-11-18)22-21(23(32)30(3)4)16(2)27-25-31(22)12-5-13-34-25/h6-11,14,22H,5,12-13H2,1-4H3,(H2,28,29,33). The molecule has 0 bridgehead atoms. The van der Waals surface area contributed by atoms with Crippen LogP contribution in [0.2, 0.25) is 5.02 Å². The molecule has 9 heteroatoms. The van der Waals surface area contributed by atoms with Crippen molar-refractivity contribution in [2.24, 2.45) is 4.99 Å². The third-order valence-corrected chi connectivity index (χ3v) is 7.29. The summed E-state index contributed by atoms with van der Waals surface area (Å²) in [5, 5.41) is 7.20. The monoisotopic (exact) mass is 497 g/mol. The van der Waals surface area contributed by atoms with Gasteiger partial charge in [-0.2, -0.15) is 0 Å². The number of nitrogens with zero attached hydrogens (tertiary/aromatic N) is 3. The second-order valence-corrected chi connectivity index (χ2v) is 10.0. The molecule has 1 atom stereocenters. The Labute approximate surface area is 209 Å². The van der Waals surface area contributed by atoms with Gasteiger partial charge in [-0.1, -0.05) is 41.6 Å². The third-order valence-electron chi connectivity index (χ3n) is 5.81. The maximum atomic E-state index is 13.1. The molecule has 0 aliphatic carbocycles. The summed E-state index contributed by atoms with van der Waals surface area (Å²) in [6.07, 6.45) is 1.03. The van der Waals surface area contributed by atoms with Crippen LogP contribution >= 0.6 is 23.4 Å². The first-order valence-electron chi connectivity index (χ1n) is 11.1. The molecular formula is C25H28ClN5O2S. The minimum atomic E-state index is -0.355. The highest BCUT2D eigenvalue weighted by Crippen LogP contribution is 2.40. The smallest absolute Gasteiger partial charge is 0.323 e. The number of aryl methyl sites for hydroxylation is 1. The van der Waals surface area contributed by atoms with Crippen molar-refractivity contribution in [3.63, 3.8) is 0 Å². The van der Waals surface area contributed by atoms with Crippen molar-refractivity contribution in [2.75, 3.05) is 37.0 Å². The average molecular weight is 498 g/mol. The molecule has 178 valence electrons. The number of likely N-dealkylation sites (N-methyl/N-ethyl adjacent to an activating group) is 1. The van der Waals surface area contributed by atoms with E-state index in [1.54, 1.807) is 42.9 Å². The van der Waals surface area contributed by atoms with Gasteiger partial charge in [0.15, 0.2) is 5.17 Å². The number of carbonyl (C=O) groups is 2. The number of carbonyl (C=O) groups excluding carboxylic acids is 2. The molecule has 1 saturated heterocycles. The fourth-order valence-electron chi connectivity index (χ4n) is 4.04. The quantitative estimate of drug-likeness (QED) is 0.584. The van der Waals surface area contributed by atoms with Crippen LogP contribution < -0.4 is 10.6 Å². The Morgan fingerprint density at radius 2 is 1.76 bits per heavy atom. The Hall–Kier alpha value is -2.97. The number of thioether (sulfide) groups is 1. The lowest BCUT2D eigenvalue weighted by Gasteiger charge is -2.41. The number of allylic oxidation sites excluding steroid dienone is 1. The number of anilines is 2. The van der Waals surface area contributed by atoms with Gasteiger partial charge in [0.2, 0.25) is 0 Å². The van der Waals surface area contributed by atoms with Crippen LogP contribution in [0.15, 0.2) is 58.7 Å². The highest BCUT2D eigenvalue weighted by molar-refractivity contribution is 8.13. The second-order valence-electron chi connectivity index (χ2n) is 8.56. The average Bonchev–Trinajstić information content (AvgIpc) is 2.80. The van der Waals surface area contributed by atoms with E-state index in [1.165, 1.54) is 0 Å². The summed E-state index contributed by atoms with van der Waals surface area (Å²) in [6, 6.07) is 12.4. The minimum absolute atomic E-state index is 0.0424. The molecule has 2 N–H and O–H groups in total. The van der Waals surface area contributed by atoms with E-state index in [9.17, 15) is 9.59 Å². The number of nitrogens with one attached hydrogen (secondary N) is 2. The van der Waals surface area contributed by atoms with Gasteiger partial charge in [0, 0.05) is 42.8 Å². The fourth-order valence-corrected chi connectivity index (χ4v) is 5.24. The summed E-state index contributed by atoms with van der Waals surface area (Å²) < 4.78 is 0. The van der Waals surface area contributed by atoms with E-state index in [4.69, 9.17) is 16.6 Å².